The van der Waals surface area contributed by atoms with Crippen LogP contribution >= 0.6 is 0 Å². The molecule has 1 amide bonds. The van der Waals surface area contributed by atoms with Crippen molar-refractivity contribution in [2.75, 3.05) is 26.9 Å². The van der Waals surface area contributed by atoms with E-state index < -0.39 is 11.9 Å². The molecule has 0 bridgehead atoms. The zero-order valence-corrected chi connectivity index (χ0v) is 14.1. The molecule has 0 fully saturated rings. The molecule has 0 spiro atoms. The molecule has 0 radical (unpaired) electrons. The lowest BCUT2D eigenvalue weighted by molar-refractivity contribution is -0.142. The van der Waals surface area contributed by atoms with Crippen molar-refractivity contribution < 1.29 is 28.9 Å². The van der Waals surface area contributed by atoms with Gasteiger partial charge in [0.1, 0.15) is 13.2 Å². The van der Waals surface area contributed by atoms with Crippen LogP contribution in [0.5, 0.6) is 17.2 Å². The Labute approximate surface area is 140 Å². The molecule has 0 saturated carbocycles. The highest BCUT2D eigenvalue weighted by Crippen LogP contribution is 2.40. The van der Waals surface area contributed by atoms with Crippen LogP contribution in [0, 0.1) is 11.8 Å². The fourth-order valence-electron chi connectivity index (χ4n) is 2.56. The van der Waals surface area contributed by atoms with Crippen LogP contribution in [-0.4, -0.2) is 43.9 Å². The molecule has 2 N–H and O–H groups in total. The van der Waals surface area contributed by atoms with Crippen molar-refractivity contribution in [3.63, 3.8) is 0 Å². The summed E-state index contributed by atoms with van der Waals surface area (Å²) in [5.74, 6) is -0.338. The maximum atomic E-state index is 12.4. The molecule has 7 heteroatoms. The van der Waals surface area contributed by atoms with Gasteiger partial charge in [0.25, 0.3) is 5.91 Å². The highest BCUT2D eigenvalue weighted by Gasteiger charge is 2.23. The average Bonchev–Trinajstić information content (AvgIpc) is 2.56. The van der Waals surface area contributed by atoms with Crippen molar-refractivity contribution in [1.82, 2.24) is 5.32 Å². The van der Waals surface area contributed by atoms with Crippen LogP contribution in [0.2, 0.25) is 0 Å². The van der Waals surface area contributed by atoms with Crippen molar-refractivity contribution in [2.24, 2.45) is 11.8 Å². The van der Waals surface area contributed by atoms with E-state index in [1.165, 1.54) is 7.11 Å². The number of hydrogen-bond acceptors (Lipinski definition) is 5. The first-order valence-corrected chi connectivity index (χ1v) is 7.91. The number of fused-ring (bicyclic) bond motifs is 1. The van der Waals surface area contributed by atoms with Crippen LogP contribution in [0.3, 0.4) is 0 Å². The van der Waals surface area contributed by atoms with Crippen LogP contribution < -0.4 is 19.5 Å². The summed E-state index contributed by atoms with van der Waals surface area (Å²) in [6.45, 7) is 4.79. The summed E-state index contributed by atoms with van der Waals surface area (Å²) in [6, 6.07) is 3.13. The SMILES string of the molecule is COc1cc(C(=O)NC[C@@H](CC(C)C)C(=O)O)cc2c1OCCO2. The molecule has 1 aliphatic rings. The van der Waals surface area contributed by atoms with Gasteiger partial charge in [0.05, 0.1) is 13.0 Å². The third-order valence-corrected chi connectivity index (χ3v) is 3.70. The summed E-state index contributed by atoms with van der Waals surface area (Å²) < 4.78 is 16.2. The quantitative estimate of drug-likeness (QED) is 0.790. The van der Waals surface area contributed by atoms with Crippen molar-refractivity contribution in [3.8, 4) is 17.2 Å². The van der Waals surface area contributed by atoms with Crippen LogP contribution in [0.1, 0.15) is 30.6 Å². The van der Waals surface area contributed by atoms with Crippen LogP contribution in [0.15, 0.2) is 12.1 Å². The van der Waals surface area contributed by atoms with E-state index in [1.807, 2.05) is 13.8 Å². The normalized spacial score (nSPS) is 14.2. The number of rotatable bonds is 7. The van der Waals surface area contributed by atoms with Crippen LogP contribution in [0.25, 0.3) is 0 Å². The zero-order valence-electron chi connectivity index (χ0n) is 14.1. The van der Waals surface area contributed by atoms with Crippen molar-refractivity contribution in [2.45, 2.75) is 20.3 Å². The molecule has 0 saturated heterocycles. The van der Waals surface area contributed by atoms with E-state index in [0.717, 1.165) is 0 Å². The van der Waals surface area contributed by atoms with E-state index in [9.17, 15) is 14.7 Å². The minimum Gasteiger partial charge on any atom is -0.493 e. The summed E-state index contributed by atoms with van der Waals surface area (Å²) in [6.07, 6.45) is 0.500. The number of methoxy groups -OCH3 is 1. The van der Waals surface area contributed by atoms with Gasteiger partial charge in [-0.2, -0.15) is 0 Å². The monoisotopic (exact) mass is 337 g/mol. The molecule has 1 aliphatic heterocycles. The number of nitrogens with one attached hydrogen (secondary N) is 1. The number of carboxylic acid groups (broad SMARTS) is 1. The van der Waals surface area contributed by atoms with E-state index >= 15 is 0 Å². The molecule has 0 aromatic heterocycles. The molecular formula is C17H23NO6. The second-order valence-corrected chi connectivity index (χ2v) is 6.08. The third-order valence-electron chi connectivity index (χ3n) is 3.70. The minimum atomic E-state index is -0.913. The topological polar surface area (TPSA) is 94.1 Å². The fraction of sp³-hybridized carbons (Fsp3) is 0.529. The van der Waals surface area contributed by atoms with E-state index in [2.05, 4.69) is 5.32 Å². The molecular weight excluding hydrogens is 314 g/mol. The summed E-state index contributed by atoms with van der Waals surface area (Å²) in [5, 5.41) is 11.9. The third kappa shape index (κ3) is 4.31. The number of carbonyl (C=O) groups is 2. The first-order valence-electron chi connectivity index (χ1n) is 7.91. The van der Waals surface area contributed by atoms with Gasteiger partial charge in [-0.15, -0.1) is 0 Å². The molecule has 1 aromatic rings. The number of carbonyl (C=O) groups excluding carboxylic acids is 1. The van der Waals surface area contributed by atoms with Gasteiger partial charge in [-0.05, 0) is 24.5 Å². The van der Waals surface area contributed by atoms with Gasteiger partial charge in [0.15, 0.2) is 11.5 Å². The van der Waals surface area contributed by atoms with Gasteiger partial charge < -0.3 is 24.6 Å². The Morgan fingerprint density at radius 3 is 2.62 bits per heavy atom. The Morgan fingerprint density at radius 1 is 1.29 bits per heavy atom. The largest absolute Gasteiger partial charge is 0.493 e. The minimum absolute atomic E-state index is 0.0725. The lowest BCUT2D eigenvalue weighted by atomic mass is 9.97. The number of ether oxygens (including phenoxy) is 3. The number of hydrogen-bond donors (Lipinski definition) is 2. The predicted molar refractivity (Wildman–Crippen MR) is 86.9 cm³/mol. The average molecular weight is 337 g/mol. The van der Waals surface area contributed by atoms with Gasteiger partial charge in [0.2, 0.25) is 5.75 Å². The molecule has 1 atom stereocenters. The Hall–Kier alpha value is -2.44. The van der Waals surface area contributed by atoms with Gasteiger partial charge in [-0.25, -0.2) is 0 Å². The smallest absolute Gasteiger partial charge is 0.308 e. The Morgan fingerprint density at radius 2 is 2.00 bits per heavy atom. The fourth-order valence-corrected chi connectivity index (χ4v) is 2.56. The summed E-state index contributed by atoms with van der Waals surface area (Å²) in [4.78, 5) is 23.6. The second-order valence-electron chi connectivity index (χ2n) is 6.08. The molecule has 1 aromatic carbocycles. The number of benzene rings is 1. The van der Waals surface area contributed by atoms with E-state index in [0.29, 0.717) is 42.4 Å². The first kappa shape index (κ1) is 17.9. The molecule has 0 unspecified atom stereocenters. The van der Waals surface area contributed by atoms with E-state index in [4.69, 9.17) is 14.2 Å². The van der Waals surface area contributed by atoms with Crippen LogP contribution in [0.4, 0.5) is 0 Å². The Bertz CT molecular complexity index is 596. The van der Waals surface area contributed by atoms with Crippen LogP contribution in [-0.2, 0) is 4.79 Å². The lowest BCUT2D eigenvalue weighted by Gasteiger charge is -2.21. The summed E-state index contributed by atoms with van der Waals surface area (Å²) in [5.41, 5.74) is 0.338. The Balaban J connectivity index is 2.10. The predicted octanol–water partition coefficient (Wildman–Crippen LogP) is 1.94. The second kappa shape index (κ2) is 7.90. The highest BCUT2D eigenvalue weighted by molar-refractivity contribution is 5.95. The molecule has 132 valence electrons. The Kier molecular flexibility index (Phi) is 5.89. The van der Waals surface area contributed by atoms with Crippen molar-refractivity contribution in [1.29, 1.82) is 0 Å². The highest BCUT2D eigenvalue weighted by atomic mass is 16.6. The summed E-state index contributed by atoms with van der Waals surface area (Å²) in [7, 11) is 1.48. The lowest BCUT2D eigenvalue weighted by Crippen LogP contribution is -2.33. The summed E-state index contributed by atoms with van der Waals surface area (Å²) >= 11 is 0. The van der Waals surface area contributed by atoms with Crippen molar-refractivity contribution in [3.05, 3.63) is 17.7 Å². The first-order chi connectivity index (χ1) is 11.4. The standard InChI is InChI=1S/C17H23NO6/c1-10(2)6-12(17(20)21)9-18-16(19)11-7-13(22-3)15-14(8-11)23-4-5-24-15/h7-8,10,12H,4-6,9H2,1-3H3,(H,18,19)(H,20,21)/t12-/m1/s1. The zero-order chi connectivity index (χ0) is 17.7. The molecule has 7 nitrogen and oxygen atoms in total. The molecule has 0 aliphatic carbocycles. The van der Waals surface area contributed by atoms with Gasteiger partial charge in [-0.1, -0.05) is 13.8 Å². The molecule has 24 heavy (non-hydrogen) atoms. The van der Waals surface area contributed by atoms with Gasteiger partial charge in [-0.3, -0.25) is 9.59 Å². The maximum absolute atomic E-state index is 12.4. The van der Waals surface area contributed by atoms with E-state index in [1.54, 1.807) is 12.1 Å². The number of aliphatic carboxylic acids is 1. The molecule has 1 heterocycles. The van der Waals surface area contributed by atoms with Gasteiger partial charge in [0, 0.05) is 12.1 Å². The van der Waals surface area contributed by atoms with E-state index in [-0.39, 0.29) is 18.4 Å². The number of amides is 1. The van der Waals surface area contributed by atoms with Gasteiger partial charge >= 0.3 is 5.97 Å². The van der Waals surface area contributed by atoms with Crippen molar-refractivity contribution >= 4 is 11.9 Å². The molecule has 2 rings (SSSR count). The maximum Gasteiger partial charge on any atom is 0.308 e. The number of carboxylic acids is 1.